The van der Waals surface area contributed by atoms with Gasteiger partial charge in [0.1, 0.15) is 12.2 Å². The van der Waals surface area contributed by atoms with E-state index in [2.05, 4.69) is 13.8 Å². The summed E-state index contributed by atoms with van der Waals surface area (Å²) in [4.78, 5) is 25.2. The number of carbonyl (C=O) groups is 1. The van der Waals surface area contributed by atoms with Crippen LogP contribution in [0.15, 0.2) is 18.2 Å². The molecule has 1 saturated heterocycles. The minimum absolute atomic E-state index is 0.112. The molecule has 1 aromatic rings. The van der Waals surface area contributed by atoms with Crippen LogP contribution in [0, 0.1) is 11.7 Å². The lowest BCUT2D eigenvalue weighted by Gasteiger charge is -2.37. The van der Waals surface area contributed by atoms with Crippen molar-refractivity contribution in [1.82, 2.24) is 4.90 Å². The summed E-state index contributed by atoms with van der Waals surface area (Å²) in [6, 6.07) is 4.06. The topological polar surface area (TPSA) is 85.0 Å². The van der Waals surface area contributed by atoms with Crippen molar-refractivity contribution in [2.24, 2.45) is 5.92 Å². The number of nitrogens with two attached hydrogens (primary N) is 1. The number of likely N-dealkylation sites (tertiary alicyclic amines) is 1. The van der Waals surface area contributed by atoms with Crippen molar-refractivity contribution < 1.29 is 23.5 Å². The first-order valence-electron chi connectivity index (χ1n) is 10.5. The minimum Gasteiger partial charge on any atom is -0.488 e. The van der Waals surface area contributed by atoms with Gasteiger partial charge in [0.25, 0.3) is 0 Å². The summed E-state index contributed by atoms with van der Waals surface area (Å²) in [5.74, 6) is -0.208. The first-order valence-corrected chi connectivity index (χ1v) is 13.4. The minimum atomic E-state index is -2.37. The Morgan fingerprint density at radius 3 is 2.47 bits per heavy atom. The van der Waals surface area contributed by atoms with Crippen LogP contribution in [0.25, 0.3) is 0 Å². The summed E-state index contributed by atoms with van der Waals surface area (Å²) >= 11 is 0. The van der Waals surface area contributed by atoms with Crippen LogP contribution in [0.2, 0.25) is 18.1 Å². The fraction of sp³-hybridized carbons (Fsp3) is 0.682. The summed E-state index contributed by atoms with van der Waals surface area (Å²) in [5, 5.41) is -0.198. The highest BCUT2D eigenvalue weighted by Gasteiger charge is 2.44. The number of hydrogen-bond donors (Lipinski definition) is 2. The maximum Gasteiger partial charge on any atom is 0.410 e. The summed E-state index contributed by atoms with van der Waals surface area (Å²) in [6.45, 7) is 14.2. The first kappa shape index (κ1) is 24.5. The molecule has 0 bridgehead atoms. The van der Waals surface area contributed by atoms with Gasteiger partial charge in [0.05, 0.1) is 6.04 Å². The monoisotopic (exact) mass is 440 g/mol. The molecule has 1 heterocycles. The molecule has 8 heteroatoms. The lowest BCUT2D eigenvalue weighted by Crippen LogP contribution is -2.42. The van der Waals surface area contributed by atoms with Crippen molar-refractivity contribution in [3.05, 3.63) is 24.0 Å². The molecule has 1 fully saturated rings. The first-order chi connectivity index (χ1) is 13.6. The smallest absolute Gasteiger partial charge is 0.410 e. The Bertz CT molecular complexity index is 758. The van der Waals surface area contributed by atoms with Crippen LogP contribution < -0.4 is 10.5 Å². The highest BCUT2D eigenvalue weighted by atomic mass is 28.4. The van der Waals surface area contributed by atoms with Crippen molar-refractivity contribution in [2.45, 2.75) is 77.2 Å². The van der Waals surface area contributed by atoms with Gasteiger partial charge in [-0.15, -0.1) is 0 Å². The van der Waals surface area contributed by atoms with Crippen LogP contribution >= 0.6 is 0 Å². The molecule has 170 valence electrons. The average molecular weight is 441 g/mol. The van der Waals surface area contributed by atoms with Crippen molar-refractivity contribution in [2.75, 3.05) is 18.9 Å². The van der Waals surface area contributed by atoms with Gasteiger partial charge in [-0.2, -0.15) is 0 Å². The van der Waals surface area contributed by atoms with Crippen molar-refractivity contribution >= 4 is 20.1 Å². The zero-order chi connectivity index (χ0) is 22.9. The second kappa shape index (κ2) is 8.75. The Morgan fingerprint density at radius 2 is 1.93 bits per heavy atom. The average Bonchev–Trinajstić information content (AvgIpc) is 2.93. The standard InChI is InChI=1S/C22H37FN2O4Si/c1-21(2,3)29-20(26)25-13-15(12-22(4,5)30(6,7)27)10-17(25)14-28-19-9-8-16(24)11-18(19)23/h8-9,11,15,17,27H,10,12-14,24H2,1-7H3/t15-,17-/m0/s1. The van der Waals surface area contributed by atoms with E-state index >= 15 is 0 Å². The normalized spacial score (nSPS) is 20.4. The summed E-state index contributed by atoms with van der Waals surface area (Å²) in [5.41, 5.74) is 5.32. The van der Waals surface area contributed by atoms with E-state index in [4.69, 9.17) is 15.2 Å². The molecule has 30 heavy (non-hydrogen) atoms. The molecular weight excluding hydrogens is 403 g/mol. The Hall–Kier alpha value is -1.80. The van der Waals surface area contributed by atoms with E-state index in [-0.39, 0.29) is 29.4 Å². The fourth-order valence-corrected chi connectivity index (χ4v) is 4.44. The lowest BCUT2D eigenvalue weighted by molar-refractivity contribution is 0.0181. The maximum atomic E-state index is 14.1. The molecule has 2 atom stereocenters. The van der Waals surface area contributed by atoms with Gasteiger partial charge in [0, 0.05) is 18.3 Å². The van der Waals surface area contributed by atoms with Gasteiger partial charge in [-0.05, 0) is 69.8 Å². The van der Waals surface area contributed by atoms with Gasteiger partial charge in [-0.1, -0.05) is 13.8 Å². The number of hydrogen-bond acceptors (Lipinski definition) is 5. The second-order valence-electron chi connectivity index (χ2n) is 10.5. The van der Waals surface area contributed by atoms with Crippen LogP contribution in [0.1, 0.15) is 47.5 Å². The lowest BCUT2D eigenvalue weighted by atomic mass is 9.94. The summed E-state index contributed by atoms with van der Waals surface area (Å²) in [6.07, 6.45) is 1.12. The quantitative estimate of drug-likeness (QED) is 0.491. The SMILES string of the molecule is CC(C)(C)OC(=O)N1C[C@H](CC(C)(C)[Si](C)(C)O)C[C@H]1COc1ccc(N)cc1F. The van der Waals surface area contributed by atoms with Crippen LogP contribution in [0.5, 0.6) is 5.75 Å². The molecule has 1 aromatic carbocycles. The molecule has 0 unspecified atom stereocenters. The van der Waals surface area contributed by atoms with Gasteiger partial charge in [-0.3, -0.25) is 0 Å². The van der Waals surface area contributed by atoms with E-state index in [9.17, 15) is 14.0 Å². The number of rotatable bonds is 6. The van der Waals surface area contributed by atoms with Gasteiger partial charge >= 0.3 is 6.09 Å². The number of halogens is 1. The van der Waals surface area contributed by atoms with E-state index in [1.165, 1.54) is 12.1 Å². The molecule has 3 N–H and O–H groups in total. The van der Waals surface area contributed by atoms with E-state index < -0.39 is 25.8 Å². The highest BCUT2D eigenvalue weighted by Crippen LogP contribution is 2.44. The summed E-state index contributed by atoms with van der Waals surface area (Å²) in [7, 11) is -2.37. The number of nitrogen functional groups attached to an aromatic ring is 1. The molecule has 1 aliphatic heterocycles. The number of nitrogens with zero attached hydrogens (tertiary/aromatic N) is 1. The predicted octanol–water partition coefficient (Wildman–Crippen LogP) is 4.78. The number of benzene rings is 1. The molecular formula is C22H37FN2O4Si. The van der Waals surface area contributed by atoms with Gasteiger partial charge in [0.2, 0.25) is 0 Å². The van der Waals surface area contributed by atoms with Crippen molar-refractivity contribution in [3.63, 3.8) is 0 Å². The zero-order valence-corrected chi connectivity index (χ0v) is 20.3. The van der Waals surface area contributed by atoms with E-state index in [1.807, 2.05) is 33.9 Å². The Kier molecular flexibility index (Phi) is 7.13. The Labute approximate surface area is 180 Å². The van der Waals surface area contributed by atoms with Crippen LogP contribution in [-0.2, 0) is 4.74 Å². The van der Waals surface area contributed by atoms with Gasteiger partial charge in [-0.25, -0.2) is 9.18 Å². The molecule has 6 nitrogen and oxygen atoms in total. The number of ether oxygens (including phenoxy) is 2. The van der Waals surface area contributed by atoms with E-state index in [1.54, 1.807) is 11.0 Å². The molecule has 0 spiro atoms. The van der Waals surface area contributed by atoms with Gasteiger partial charge < -0.3 is 24.9 Å². The molecule has 0 radical (unpaired) electrons. The van der Waals surface area contributed by atoms with Crippen LogP contribution in [-0.4, -0.2) is 48.9 Å². The Balaban J connectivity index is 2.15. The van der Waals surface area contributed by atoms with Crippen LogP contribution in [0.3, 0.4) is 0 Å². The number of amides is 1. The Morgan fingerprint density at radius 1 is 1.30 bits per heavy atom. The van der Waals surface area contributed by atoms with E-state index in [0.717, 1.165) is 6.42 Å². The summed E-state index contributed by atoms with van der Waals surface area (Å²) < 4.78 is 25.4. The van der Waals surface area contributed by atoms with Crippen molar-refractivity contribution in [3.8, 4) is 5.75 Å². The number of anilines is 1. The maximum absolute atomic E-state index is 14.1. The van der Waals surface area contributed by atoms with Gasteiger partial charge in [0.15, 0.2) is 19.9 Å². The van der Waals surface area contributed by atoms with E-state index in [0.29, 0.717) is 18.7 Å². The molecule has 0 saturated carbocycles. The largest absolute Gasteiger partial charge is 0.488 e. The molecule has 0 aromatic heterocycles. The third-order valence-corrected chi connectivity index (χ3v) is 9.49. The molecule has 2 rings (SSSR count). The molecule has 0 aliphatic carbocycles. The third kappa shape index (κ3) is 6.35. The predicted molar refractivity (Wildman–Crippen MR) is 120 cm³/mol. The zero-order valence-electron chi connectivity index (χ0n) is 19.3. The number of carbonyl (C=O) groups excluding carboxylic acids is 1. The molecule has 1 amide bonds. The third-order valence-electron chi connectivity index (χ3n) is 5.97. The second-order valence-corrected chi connectivity index (χ2v) is 15.0. The highest BCUT2D eigenvalue weighted by molar-refractivity contribution is 6.72. The molecule has 1 aliphatic rings. The fourth-order valence-electron chi connectivity index (χ4n) is 3.66. The van der Waals surface area contributed by atoms with Crippen LogP contribution in [0.4, 0.5) is 14.9 Å². The van der Waals surface area contributed by atoms with Crippen molar-refractivity contribution in [1.29, 1.82) is 0 Å².